The summed E-state index contributed by atoms with van der Waals surface area (Å²) in [5, 5.41) is 5.57. The van der Waals surface area contributed by atoms with Gasteiger partial charge in [-0.25, -0.2) is 0 Å². The second-order valence-electron chi connectivity index (χ2n) is 4.95. The minimum Gasteiger partial charge on any atom is -0.354 e. The van der Waals surface area contributed by atoms with Gasteiger partial charge in [0.1, 0.15) is 0 Å². The van der Waals surface area contributed by atoms with Crippen molar-refractivity contribution >= 4 is 11.8 Å². The molecule has 0 aliphatic carbocycles. The van der Waals surface area contributed by atoms with Gasteiger partial charge in [0.2, 0.25) is 5.91 Å². The van der Waals surface area contributed by atoms with E-state index in [0.29, 0.717) is 38.0 Å². The molecule has 0 aliphatic rings. The third-order valence-corrected chi connectivity index (χ3v) is 3.85. The van der Waals surface area contributed by atoms with E-state index < -0.39 is 5.41 Å². The average molecular weight is 292 g/mol. The molecule has 0 atom stereocenters. The maximum absolute atomic E-state index is 12.2. The van der Waals surface area contributed by atoms with Gasteiger partial charge in [0.15, 0.2) is 0 Å². The van der Waals surface area contributed by atoms with Crippen molar-refractivity contribution in [3.63, 3.8) is 0 Å². The lowest BCUT2D eigenvalue weighted by Gasteiger charge is -2.28. The molecule has 1 rings (SSSR count). The summed E-state index contributed by atoms with van der Waals surface area (Å²) in [5.74, 6) is -0.251. The predicted octanol–water partition coefficient (Wildman–Crippen LogP) is 0.693. The van der Waals surface area contributed by atoms with Gasteiger partial charge in [-0.05, 0) is 25.0 Å². The number of nitrogens with zero attached hydrogens (tertiary/aromatic N) is 1. The Balaban J connectivity index is 2.37. The molecule has 0 aliphatic heterocycles. The highest BCUT2D eigenvalue weighted by atomic mass is 16.2. The molecule has 21 heavy (non-hydrogen) atoms. The van der Waals surface area contributed by atoms with Crippen LogP contribution in [0.25, 0.3) is 0 Å². The van der Waals surface area contributed by atoms with Crippen LogP contribution in [-0.2, 0) is 4.79 Å². The number of nitrogens with two attached hydrogens (primary N) is 1. The largest absolute Gasteiger partial charge is 0.354 e. The molecule has 0 radical (unpaired) electrons. The fourth-order valence-corrected chi connectivity index (χ4v) is 2.09. The molecule has 6 heteroatoms. The summed E-state index contributed by atoms with van der Waals surface area (Å²) in [4.78, 5) is 27.8. The Morgan fingerprint density at radius 3 is 2.43 bits per heavy atom. The number of carbonyl (C=O) groups excluding carboxylic acids is 2. The Morgan fingerprint density at radius 2 is 1.90 bits per heavy atom. The van der Waals surface area contributed by atoms with E-state index in [1.807, 2.05) is 13.8 Å². The lowest BCUT2D eigenvalue weighted by atomic mass is 9.81. The maximum atomic E-state index is 12.2. The molecule has 0 aromatic carbocycles. The number of amides is 2. The lowest BCUT2D eigenvalue weighted by molar-refractivity contribution is -0.130. The zero-order chi connectivity index (χ0) is 15.7. The molecule has 4 N–H and O–H groups in total. The van der Waals surface area contributed by atoms with E-state index in [1.54, 1.807) is 18.3 Å². The zero-order valence-corrected chi connectivity index (χ0v) is 12.7. The first-order valence-corrected chi connectivity index (χ1v) is 7.26. The molecule has 6 nitrogen and oxygen atoms in total. The van der Waals surface area contributed by atoms with Gasteiger partial charge in [-0.3, -0.25) is 14.6 Å². The van der Waals surface area contributed by atoms with Crippen molar-refractivity contribution in [3.05, 3.63) is 30.1 Å². The lowest BCUT2D eigenvalue weighted by Crippen LogP contribution is -2.47. The van der Waals surface area contributed by atoms with Gasteiger partial charge in [-0.2, -0.15) is 0 Å². The van der Waals surface area contributed by atoms with E-state index in [2.05, 4.69) is 15.6 Å². The van der Waals surface area contributed by atoms with E-state index >= 15 is 0 Å². The quantitative estimate of drug-likeness (QED) is 0.614. The topological polar surface area (TPSA) is 97.1 Å². The van der Waals surface area contributed by atoms with Crippen LogP contribution >= 0.6 is 0 Å². The van der Waals surface area contributed by atoms with Crippen molar-refractivity contribution in [3.8, 4) is 0 Å². The second-order valence-corrected chi connectivity index (χ2v) is 4.95. The summed E-state index contributed by atoms with van der Waals surface area (Å²) in [6, 6.07) is 3.39. The van der Waals surface area contributed by atoms with Crippen molar-refractivity contribution < 1.29 is 9.59 Å². The second kappa shape index (κ2) is 8.36. The van der Waals surface area contributed by atoms with Gasteiger partial charge in [0.05, 0.1) is 11.0 Å². The van der Waals surface area contributed by atoms with Gasteiger partial charge in [-0.15, -0.1) is 0 Å². The van der Waals surface area contributed by atoms with E-state index in [0.717, 1.165) is 0 Å². The third-order valence-electron chi connectivity index (χ3n) is 3.85. The van der Waals surface area contributed by atoms with Crippen LogP contribution in [0.15, 0.2) is 24.5 Å². The first-order valence-electron chi connectivity index (χ1n) is 7.26. The van der Waals surface area contributed by atoms with E-state index in [-0.39, 0.29) is 11.8 Å². The normalized spacial score (nSPS) is 11.0. The summed E-state index contributed by atoms with van der Waals surface area (Å²) >= 11 is 0. The van der Waals surface area contributed by atoms with Crippen LogP contribution in [0, 0.1) is 5.41 Å². The average Bonchev–Trinajstić information content (AvgIpc) is 2.54. The van der Waals surface area contributed by atoms with Crippen LogP contribution in [0.1, 0.15) is 37.0 Å². The Bertz CT molecular complexity index is 450. The van der Waals surface area contributed by atoms with Crippen molar-refractivity contribution in [2.75, 3.05) is 19.6 Å². The molecule has 0 bridgehead atoms. The smallest absolute Gasteiger partial charge is 0.252 e. The summed E-state index contributed by atoms with van der Waals surface area (Å²) in [7, 11) is 0. The number of hydrogen-bond acceptors (Lipinski definition) is 4. The molecule has 0 unspecified atom stereocenters. The Kier molecular flexibility index (Phi) is 6.81. The number of carbonyl (C=O) groups is 2. The third kappa shape index (κ3) is 4.53. The van der Waals surface area contributed by atoms with Crippen LogP contribution in [0.4, 0.5) is 0 Å². The SMILES string of the molecule is CCC(CC)(CN)C(=O)NCCNC(=O)c1cccnc1. The van der Waals surface area contributed by atoms with Gasteiger partial charge in [0, 0.05) is 32.0 Å². The molecule has 0 fully saturated rings. The number of pyridine rings is 1. The van der Waals surface area contributed by atoms with Crippen LogP contribution in [-0.4, -0.2) is 36.4 Å². The number of aromatic nitrogens is 1. The van der Waals surface area contributed by atoms with E-state index in [1.165, 1.54) is 6.20 Å². The Labute approximate surface area is 125 Å². The van der Waals surface area contributed by atoms with Gasteiger partial charge in [-0.1, -0.05) is 13.8 Å². The molecule has 116 valence electrons. The summed E-state index contributed by atoms with van der Waals surface area (Å²) < 4.78 is 0. The molecular weight excluding hydrogens is 268 g/mol. The summed E-state index contributed by atoms with van der Waals surface area (Å²) in [5.41, 5.74) is 5.72. The highest BCUT2D eigenvalue weighted by Gasteiger charge is 2.32. The van der Waals surface area contributed by atoms with Gasteiger partial charge >= 0.3 is 0 Å². The van der Waals surface area contributed by atoms with Crippen molar-refractivity contribution in [1.29, 1.82) is 0 Å². The first-order chi connectivity index (χ1) is 10.1. The number of rotatable bonds is 8. The molecule has 2 amide bonds. The fraction of sp³-hybridized carbons (Fsp3) is 0.533. The standard InChI is InChI=1S/C15H24N4O2/c1-3-15(4-2,11-16)14(21)19-9-8-18-13(20)12-6-5-7-17-10-12/h5-7,10H,3-4,8-9,11,16H2,1-2H3,(H,18,20)(H,19,21). The maximum Gasteiger partial charge on any atom is 0.252 e. The van der Waals surface area contributed by atoms with Crippen molar-refractivity contribution in [2.45, 2.75) is 26.7 Å². The van der Waals surface area contributed by atoms with Crippen LogP contribution in [0.2, 0.25) is 0 Å². The van der Waals surface area contributed by atoms with Crippen LogP contribution in [0.3, 0.4) is 0 Å². The number of nitrogens with one attached hydrogen (secondary N) is 2. The minimum atomic E-state index is -0.507. The highest BCUT2D eigenvalue weighted by molar-refractivity contribution is 5.93. The van der Waals surface area contributed by atoms with Crippen LogP contribution in [0.5, 0.6) is 0 Å². The Morgan fingerprint density at radius 1 is 1.24 bits per heavy atom. The molecule has 0 saturated heterocycles. The van der Waals surface area contributed by atoms with E-state index in [4.69, 9.17) is 5.73 Å². The van der Waals surface area contributed by atoms with Gasteiger partial charge < -0.3 is 16.4 Å². The minimum absolute atomic E-state index is 0.0503. The molecular formula is C15H24N4O2. The fourth-order valence-electron chi connectivity index (χ4n) is 2.09. The van der Waals surface area contributed by atoms with Crippen molar-refractivity contribution in [1.82, 2.24) is 15.6 Å². The summed E-state index contributed by atoms with van der Waals surface area (Å²) in [6.45, 7) is 4.99. The molecule has 1 aromatic rings. The van der Waals surface area contributed by atoms with Crippen molar-refractivity contribution in [2.24, 2.45) is 11.1 Å². The molecule has 1 aromatic heterocycles. The molecule has 1 heterocycles. The summed E-state index contributed by atoms with van der Waals surface area (Å²) in [6.07, 6.45) is 4.52. The predicted molar refractivity (Wildman–Crippen MR) is 81.6 cm³/mol. The molecule has 0 saturated carbocycles. The van der Waals surface area contributed by atoms with Gasteiger partial charge in [0.25, 0.3) is 5.91 Å². The zero-order valence-electron chi connectivity index (χ0n) is 12.7. The monoisotopic (exact) mass is 292 g/mol. The molecule has 0 spiro atoms. The Hall–Kier alpha value is -1.95. The highest BCUT2D eigenvalue weighted by Crippen LogP contribution is 2.24. The number of hydrogen-bond donors (Lipinski definition) is 3. The first kappa shape index (κ1) is 17.1. The van der Waals surface area contributed by atoms with Crippen LogP contribution < -0.4 is 16.4 Å². The van der Waals surface area contributed by atoms with E-state index in [9.17, 15) is 9.59 Å².